The van der Waals surface area contributed by atoms with Crippen molar-refractivity contribution in [3.8, 4) is 67.3 Å². The zero-order valence-corrected chi connectivity index (χ0v) is 32.2. The molecule has 0 bridgehead atoms. The predicted octanol–water partition coefficient (Wildman–Crippen LogP) is 14.5. The van der Waals surface area contributed by atoms with Gasteiger partial charge in [-0.05, 0) is 69.6 Å². The minimum Gasteiger partial charge on any atom is -0.228 e. The zero-order chi connectivity index (χ0) is 37.9. The Kier molecular flexibility index (Phi) is 7.84. The summed E-state index contributed by atoms with van der Waals surface area (Å²) in [5.41, 5.74) is 15.9. The van der Waals surface area contributed by atoms with Crippen molar-refractivity contribution in [2.24, 2.45) is 0 Å². The fraction of sp³-hybridized carbons (Fsp3) is 0.0370. The summed E-state index contributed by atoms with van der Waals surface area (Å²) in [6.45, 7) is 2.38. The van der Waals surface area contributed by atoms with Gasteiger partial charge in [0.1, 0.15) is 0 Å². The van der Waals surface area contributed by atoms with Crippen LogP contribution in [0, 0.1) is 0 Å². The van der Waals surface area contributed by atoms with Gasteiger partial charge in [0.25, 0.3) is 0 Å². The molecule has 8 aromatic carbocycles. The number of hydrogen-bond acceptors (Lipinski definition) is 3. The van der Waals surface area contributed by atoms with Crippen LogP contribution in [0.2, 0.25) is 0 Å². The number of nitrogens with zero attached hydrogens (tertiary/aromatic N) is 2. The minimum absolute atomic E-state index is 0.290. The van der Waals surface area contributed by atoms with Crippen LogP contribution in [0.5, 0.6) is 0 Å². The van der Waals surface area contributed by atoms with Crippen molar-refractivity contribution in [2.45, 2.75) is 12.3 Å². The normalized spacial score (nSPS) is 12.8. The Bertz CT molecular complexity index is 3110. The molecule has 0 atom stereocenters. The first-order valence-electron chi connectivity index (χ1n) is 19.5. The van der Waals surface area contributed by atoms with Gasteiger partial charge in [-0.2, -0.15) is 0 Å². The van der Waals surface area contributed by atoms with Crippen molar-refractivity contribution in [1.29, 1.82) is 0 Å². The third-order valence-corrected chi connectivity index (χ3v) is 13.1. The van der Waals surface area contributed by atoms with Gasteiger partial charge in [0.2, 0.25) is 0 Å². The summed E-state index contributed by atoms with van der Waals surface area (Å²) in [4.78, 5) is 10.7. The summed E-state index contributed by atoms with van der Waals surface area (Å²) >= 11 is 1.86. The van der Waals surface area contributed by atoms with E-state index >= 15 is 0 Å². The zero-order valence-electron chi connectivity index (χ0n) is 31.4. The molecule has 1 aliphatic carbocycles. The SMILES string of the molecule is CC1(c2cccc(-c3ccccc3-c3cc(-c4ccccc4-c4cccc5c4sc4ccccc45)nc(-c4ccccc4)n3)c2)c2ccccc2-c2ccccc21. The maximum atomic E-state index is 5.33. The molecule has 57 heavy (non-hydrogen) atoms. The number of benzene rings is 8. The highest BCUT2D eigenvalue weighted by Crippen LogP contribution is 2.53. The molecule has 2 aromatic heterocycles. The second-order valence-corrected chi connectivity index (χ2v) is 16.0. The van der Waals surface area contributed by atoms with Crippen molar-refractivity contribution in [3.05, 3.63) is 217 Å². The van der Waals surface area contributed by atoms with E-state index in [9.17, 15) is 0 Å². The fourth-order valence-electron chi connectivity index (χ4n) is 9.06. The van der Waals surface area contributed by atoms with Crippen LogP contribution in [0.1, 0.15) is 23.6 Å². The van der Waals surface area contributed by atoms with Crippen LogP contribution in [0.4, 0.5) is 0 Å². The van der Waals surface area contributed by atoms with Crippen LogP contribution >= 0.6 is 11.3 Å². The second kappa shape index (κ2) is 13.4. The predicted molar refractivity (Wildman–Crippen MR) is 240 cm³/mol. The first-order valence-corrected chi connectivity index (χ1v) is 20.3. The molecule has 11 rings (SSSR count). The first kappa shape index (κ1) is 33.4. The lowest BCUT2D eigenvalue weighted by Crippen LogP contribution is -2.22. The monoisotopic (exact) mass is 744 g/mol. The maximum Gasteiger partial charge on any atom is 0.160 e. The molecule has 0 amide bonds. The molecule has 3 heteroatoms. The van der Waals surface area contributed by atoms with Gasteiger partial charge in [0.05, 0.1) is 11.4 Å². The summed E-state index contributed by atoms with van der Waals surface area (Å²) in [7, 11) is 0. The summed E-state index contributed by atoms with van der Waals surface area (Å²) < 4.78 is 2.58. The lowest BCUT2D eigenvalue weighted by atomic mass is 9.73. The van der Waals surface area contributed by atoms with Crippen LogP contribution in [0.25, 0.3) is 87.5 Å². The molecule has 0 saturated carbocycles. The Balaban J connectivity index is 1.09. The van der Waals surface area contributed by atoms with E-state index in [-0.39, 0.29) is 5.41 Å². The summed E-state index contributed by atoms with van der Waals surface area (Å²) in [5, 5.41) is 2.58. The van der Waals surface area contributed by atoms with Crippen molar-refractivity contribution < 1.29 is 0 Å². The molecule has 0 saturated heterocycles. The molecule has 0 unspecified atom stereocenters. The molecule has 0 spiro atoms. The minimum atomic E-state index is -0.290. The van der Waals surface area contributed by atoms with E-state index in [0.717, 1.165) is 44.8 Å². The van der Waals surface area contributed by atoms with Gasteiger partial charge in [-0.1, -0.05) is 182 Å². The third kappa shape index (κ3) is 5.38. The van der Waals surface area contributed by atoms with Gasteiger partial charge < -0.3 is 0 Å². The largest absolute Gasteiger partial charge is 0.228 e. The summed E-state index contributed by atoms with van der Waals surface area (Å²) in [6, 6.07) is 72.1. The molecule has 10 aromatic rings. The Morgan fingerprint density at radius 1 is 0.386 bits per heavy atom. The molecule has 0 aliphatic heterocycles. The van der Waals surface area contributed by atoms with Crippen LogP contribution in [0.3, 0.4) is 0 Å². The highest BCUT2D eigenvalue weighted by Gasteiger charge is 2.40. The lowest BCUT2D eigenvalue weighted by Gasteiger charge is -2.29. The van der Waals surface area contributed by atoms with E-state index in [1.54, 1.807) is 0 Å². The van der Waals surface area contributed by atoms with Crippen molar-refractivity contribution in [1.82, 2.24) is 9.97 Å². The van der Waals surface area contributed by atoms with Gasteiger partial charge in [-0.15, -0.1) is 11.3 Å². The summed E-state index contributed by atoms with van der Waals surface area (Å²) in [5.74, 6) is 0.702. The van der Waals surface area contributed by atoms with Crippen LogP contribution in [0.15, 0.2) is 200 Å². The first-order chi connectivity index (χ1) is 28.1. The molecule has 1 aliphatic rings. The Hall–Kier alpha value is -6.94. The smallest absolute Gasteiger partial charge is 0.160 e. The number of fused-ring (bicyclic) bond motifs is 6. The number of aromatic nitrogens is 2. The molecular weight excluding hydrogens is 709 g/mol. The van der Waals surface area contributed by atoms with Crippen LogP contribution < -0.4 is 0 Å². The molecule has 0 radical (unpaired) electrons. The molecule has 0 N–H and O–H groups in total. The quantitative estimate of drug-likeness (QED) is 0.169. The lowest BCUT2D eigenvalue weighted by molar-refractivity contribution is 0.714. The third-order valence-electron chi connectivity index (χ3n) is 11.8. The Morgan fingerprint density at radius 2 is 0.895 bits per heavy atom. The number of rotatable bonds is 6. The molecule has 2 heterocycles. The highest BCUT2D eigenvalue weighted by molar-refractivity contribution is 7.26. The van der Waals surface area contributed by atoms with E-state index in [1.165, 1.54) is 53.6 Å². The van der Waals surface area contributed by atoms with Crippen molar-refractivity contribution in [3.63, 3.8) is 0 Å². The Labute approximate surface area is 336 Å². The van der Waals surface area contributed by atoms with Gasteiger partial charge in [0, 0.05) is 47.8 Å². The van der Waals surface area contributed by atoms with Gasteiger partial charge in [-0.25, -0.2) is 9.97 Å². The van der Waals surface area contributed by atoms with Gasteiger partial charge in [-0.3, -0.25) is 0 Å². The highest BCUT2D eigenvalue weighted by atomic mass is 32.1. The van der Waals surface area contributed by atoms with E-state index in [4.69, 9.17) is 9.97 Å². The molecule has 2 nitrogen and oxygen atoms in total. The second-order valence-electron chi connectivity index (χ2n) is 15.0. The average Bonchev–Trinajstić information content (AvgIpc) is 3.80. The maximum absolute atomic E-state index is 5.33. The van der Waals surface area contributed by atoms with E-state index in [2.05, 4.69) is 201 Å². The van der Waals surface area contributed by atoms with Crippen LogP contribution in [-0.4, -0.2) is 9.97 Å². The average molecular weight is 745 g/mol. The van der Waals surface area contributed by atoms with Gasteiger partial charge in [0.15, 0.2) is 5.82 Å². The fourth-order valence-corrected chi connectivity index (χ4v) is 10.3. The standard InChI is InChI=1S/C54H36N2S/c1-54(47-30-12-9-23-40(47)41-24-10-13-31-48(41)54)37-20-15-19-36(33-37)38-21-5-7-25-42(38)49-34-50(56-53(55-49)35-17-3-2-4-18-35)43-26-8-6-22-39(43)45-28-16-29-46-44-27-11-14-32-51(44)57-52(45)46/h2-34H,1H3. The van der Waals surface area contributed by atoms with E-state index < -0.39 is 0 Å². The molecule has 268 valence electrons. The van der Waals surface area contributed by atoms with Crippen LogP contribution in [-0.2, 0) is 5.41 Å². The van der Waals surface area contributed by atoms with Crippen molar-refractivity contribution >= 4 is 31.5 Å². The topological polar surface area (TPSA) is 25.8 Å². The van der Waals surface area contributed by atoms with E-state index in [0.29, 0.717) is 5.82 Å². The van der Waals surface area contributed by atoms with Gasteiger partial charge >= 0.3 is 0 Å². The number of hydrogen-bond donors (Lipinski definition) is 0. The summed E-state index contributed by atoms with van der Waals surface area (Å²) in [6.07, 6.45) is 0. The van der Waals surface area contributed by atoms with E-state index in [1.807, 2.05) is 17.4 Å². The van der Waals surface area contributed by atoms with Crippen molar-refractivity contribution in [2.75, 3.05) is 0 Å². The Morgan fingerprint density at radius 3 is 1.61 bits per heavy atom. The molecule has 0 fully saturated rings. The number of thiophene rings is 1. The molecular formula is C54H36N2S.